The second kappa shape index (κ2) is 8.86. The van der Waals surface area contributed by atoms with Crippen LogP contribution in [0.3, 0.4) is 0 Å². The molecule has 0 N–H and O–H groups in total. The first-order chi connectivity index (χ1) is 14.6. The first-order valence-corrected chi connectivity index (χ1v) is 9.72. The molecule has 8 heteroatoms. The van der Waals surface area contributed by atoms with Crippen molar-refractivity contribution in [3.8, 4) is 28.6 Å². The molecule has 0 radical (unpaired) electrons. The number of amides is 1. The Hall–Kier alpha value is -3.55. The van der Waals surface area contributed by atoms with Crippen LogP contribution in [0.4, 0.5) is 0 Å². The highest BCUT2D eigenvalue weighted by molar-refractivity contribution is 5.76. The fraction of sp³-hybridized carbons (Fsp3) is 0.318. The van der Waals surface area contributed by atoms with Gasteiger partial charge < -0.3 is 23.6 Å². The van der Waals surface area contributed by atoms with E-state index in [2.05, 4.69) is 10.1 Å². The summed E-state index contributed by atoms with van der Waals surface area (Å²) in [6.45, 7) is 1.35. The van der Waals surface area contributed by atoms with Crippen LogP contribution < -0.4 is 14.2 Å². The van der Waals surface area contributed by atoms with Gasteiger partial charge >= 0.3 is 0 Å². The normalized spacial score (nSPS) is 12.5. The molecule has 1 aliphatic rings. The summed E-state index contributed by atoms with van der Waals surface area (Å²) < 4.78 is 21.7. The highest BCUT2D eigenvalue weighted by atomic mass is 16.6. The lowest BCUT2D eigenvalue weighted by molar-refractivity contribution is -0.130. The van der Waals surface area contributed by atoms with Gasteiger partial charge in [0, 0.05) is 19.0 Å². The zero-order valence-corrected chi connectivity index (χ0v) is 17.0. The van der Waals surface area contributed by atoms with E-state index >= 15 is 0 Å². The van der Waals surface area contributed by atoms with Crippen molar-refractivity contribution in [2.75, 3.05) is 27.4 Å². The van der Waals surface area contributed by atoms with Crippen molar-refractivity contribution in [3.63, 3.8) is 0 Å². The molecule has 0 aliphatic carbocycles. The van der Waals surface area contributed by atoms with Gasteiger partial charge in [-0.05, 0) is 36.2 Å². The van der Waals surface area contributed by atoms with Crippen LogP contribution in [-0.4, -0.2) is 48.3 Å². The predicted octanol–water partition coefficient (Wildman–Crippen LogP) is 3.11. The van der Waals surface area contributed by atoms with Gasteiger partial charge in [0.25, 0.3) is 0 Å². The quantitative estimate of drug-likeness (QED) is 0.593. The second-order valence-corrected chi connectivity index (χ2v) is 6.97. The van der Waals surface area contributed by atoms with E-state index in [-0.39, 0.29) is 12.5 Å². The minimum Gasteiger partial charge on any atom is -0.497 e. The number of fused-ring (bicyclic) bond motifs is 1. The average Bonchev–Trinajstić information content (AvgIpc) is 3.25. The van der Waals surface area contributed by atoms with E-state index in [1.54, 1.807) is 19.1 Å². The number of methoxy groups -OCH3 is 1. The van der Waals surface area contributed by atoms with Crippen LogP contribution in [0.2, 0.25) is 0 Å². The third kappa shape index (κ3) is 4.53. The number of carbonyl (C=O) groups is 1. The Kier molecular flexibility index (Phi) is 5.83. The van der Waals surface area contributed by atoms with Crippen molar-refractivity contribution in [1.29, 1.82) is 0 Å². The smallest absolute Gasteiger partial charge is 0.246 e. The molecule has 0 unspecified atom stereocenters. The first-order valence-electron chi connectivity index (χ1n) is 9.72. The second-order valence-electron chi connectivity index (χ2n) is 6.97. The van der Waals surface area contributed by atoms with Crippen molar-refractivity contribution in [2.45, 2.75) is 19.4 Å². The molecule has 0 fully saturated rings. The van der Waals surface area contributed by atoms with E-state index in [0.29, 0.717) is 43.5 Å². The average molecular weight is 409 g/mol. The van der Waals surface area contributed by atoms with Gasteiger partial charge in [-0.15, -0.1) is 0 Å². The molecule has 0 saturated carbocycles. The van der Waals surface area contributed by atoms with Crippen LogP contribution in [-0.2, 0) is 17.8 Å². The molecule has 0 saturated heterocycles. The van der Waals surface area contributed by atoms with Crippen LogP contribution in [0.25, 0.3) is 11.4 Å². The molecule has 1 aromatic heterocycles. The number of nitrogens with zero attached hydrogens (tertiary/aromatic N) is 3. The fourth-order valence-electron chi connectivity index (χ4n) is 3.17. The molecule has 0 atom stereocenters. The van der Waals surface area contributed by atoms with Gasteiger partial charge in [-0.25, -0.2) is 0 Å². The number of hydrogen-bond donors (Lipinski definition) is 0. The van der Waals surface area contributed by atoms with Crippen molar-refractivity contribution in [3.05, 3.63) is 53.9 Å². The monoisotopic (exact) mass is 409 g/mol. The van der Waals surface area contributed by atoms with E-state index in [4.69, 9.17) is 18.7 Å². The summed E-state index contributed by atoms with van der Waals surface area (Å²) in [6, 6.07) is 13.2. The SMILES string of the molecule is COc1cccc(-c2noc(CN(C)C(=O)CCc3ccc4c(c3)OCCO4)n2)c1. The van der Waals surface area contributed by atoms with Gasteiger partial charge in [0.15, 0.2) is 11.5 Å². The van der Waals surface area contributed by atoms with Gasteiger partial charge in [0.2, 0.25) is 17.6 Å². The molecule has 0 bridgehead atoms. The molecular formula is C22H23N3O5. The highest BCUT2D eigenvalue weighted by Gasteiger charge is 2.16. The summed E-state index contributed by atoms with van der Waals surface area (Å²) in [6.07, 6.45) is 0.978. The molecule has 1 amide bonds. The number of carbonyl (C=O) groups excluding carboxylic acids is 1. The Balaban J connectivity index is 1.33. The van der Waals surface area contributed by atoms with Crippen molar-refractivity contribution in [2.24, 2.45) is 0 Å². The number of ether oxygens (including phenoxy) is 3. The number of aryl methyl sites for hydroxylation is 1. The van der Waals surface area contributed by atoms with E-state index < -0.39 is 0 Å². The summed E-state index contributed by atoms with van der Waals surface area (Å²) in [4.78, 5) is 18.5. The summed E-state index contributed by atoms with van der Waals surface area (Å²) >= 11 is 0. The van der Waals surface area contributed by atoms with Gasteiger partial charge in [-0.3, -0.25) is 4.79 Å². The minimum atomic E-state index is -0.00832. The topological polar surface area (TPSA) is 86.9 Å². The van der Waals surface area contributed by atoms with Crippen molar-refractivity contribution < 1.29 is 23.5 Å². The summed E-state index contributed by atoms with van der Waals surface area (Å²) in [7, 11) is 3.33. The number of hydrogen-bond acceptors (Lipinski definition) is 7. The Bertz CT molecular complexity index is 1030. The largest absolute Gasteiger partial charge is 0.497 e. The molecule has 8 nitrogen and oxygen atoms in total. The standard InChI is InChI=1S/C22H23N3O5/c1-25(14-20-23-22(24-30-20)16-4-3-5-17(13-16)27-2)21(26)9-7-15-6-8-18-19(12-15)29-11-10-28-18/h3-6,8,12-13H,7,9-11,14H2,1-2H3. The van der Waals surface area contributed by atoms with Crippen LogP contribution in [0, 0.1) is 0 Å². The van der Waals surface area contributed by atoms with Gasteiger partial charge in [0.1, 0.15) is 19.0 Å². The van der Waals surface area contributed by atoms with Crippen LogP contribution >= 0.6 is 0 Å². The number of rotatable bonds is 7. The van der Waals surface area contributed by atoms with Gasteiger partial charge in [0.05, 0.1) is 13.7 Å². The third-order valence-corrected chi connectivity index (χ3v) is 4.83. The maximum Gasteiger partial charge on any atom is 0.246 e. The molecule has 2 heterocycles. The van der Waals surface area contributed by atoms with E-state index in [1.807, 2.05) is 42.5 Å². The van der Waals surface area contributed by atoms with E-state index in [1.165, 1.54) is 0 Å². The first kappa shape index (κ1) is 19.8. The molecule has 156 valence electrons. The molecular weight excluding hydrogens is 386 g/mol. The molecule has 3 aromatic rings. The van der Waals surface area contributed by atoms with Crippen LogP contribution in [0.1, 0.15) is 17.9 Å². The molecule has 30 heavy (non-hydrogen) atoms. The lowest BCUT2D eigenvalue weighted by Crippen LogP contribution is -2.26. The Labute approximate surface area is 174 Å². The van der Waals surface area contributed by atoms with Crippen molar-refractivity contribution in [1.82, 2.24) is 15.0 Å². The summed E-state index contributed by atoms with van der Waals surface area (Å²) in [5.41, 5.74) is 1.82. The molecule has 0 spiro atoms. The van der Waals surface area contributed by atoms with Crippen LogP contribution in [0.5, 0.6) is 17.2 Å². The zero-order valence-electron chi connectivity index (χ0n) is 17.0. The van der Waals surface area contributed by atoms with Gasteiger partial charge in [-0.1, -0.05) is 23.4 Å². The molecule has 2 aromatic carbocycles. The minimum absolute atomic E-state index is 0.00832. The zero-order chi connectivity index (χ0) is 20.9. The van der Waals surface area contributed by atoms with Crippen molar-refractivity contribution >= 4 is 5.91 Å². The Morgan fingerprint density at radius 1 is 1.13 bits per heavy atom. The maximum absolute atomic E-state index is 12.5. The lowest BCUT2D eigenvalue weighted by Gasteiger charge is -2.19. The summed E-state index contributed by atoms with van der Waals surface area (Å²) in [5, 5.41) is 4.00. The number of aromatic nitrogens is 2. The predicted molar refractivity (Wildman–Crippen MR) is 109 cm³/mol. The third-order valence-electron chi connectivity index (χ3n) is 4.83. The van der Waals surface area contributed by atoms with Gasteiger partial charge in [-0.2, -0.15) is 4.98 Å². The lowest BCUT2D eigenvalue weighted by atomic mass is 10.1. The molecule has 1 aliphatic heterocycles. The maximum atomic E-state index is 12.5. The van der Waals surface area contributed by atoms with E-state index in [0.717, 1.165) is 22.6 Å². The summed E-state index contributed by atoms with van der Waals surface area (Å²) in [5.74, 6) is 3.02. The fourth-order valence-corrected chi connectivity index (χ4v) is 3.17. The Morgan fingerprint density at radius 2 is 1.97 bits per heavy atom. The Morgan fingerprint density at radius 3 is 2.80 bits per heavy atom. The highest BCUT2D eigenvalue weighted by Crippen LogP contribution is 2.31. The van der Waals surface area contributed by atoms with E-state index in [9.17, 15) is 4.79 Å². The van der Waals surface area contributed by atoms with Crippen LogP contribution in [0.15, 0.2) is 47.0 Å². The number of benzene rings is 2. The molecule has 4 rings (SSSR count).